The maximum atomic E-state index is 9.41. The highest BCUT2D eigenvalue weighted by atomic mass is 16.3. The van der Waals surface area contributed by atoms with Gasteiger partial charge in [-0.15, -0.1) is 0 Å². The molecule has 0 amide bonds. The molecule has 0 aromatic heterocycles. The van der Waals surface area contributed by atoms with Gasteiger partial charge in [0.25, 0.3) is 0 Å². The van der Waals surface area contributed by atoms with Crippen LogP contribution in [0.5, 0.6) is 0 Å². The maximum Gasteiger partial charge on any atom is 0.0662 e. The topological polar surface area (TPSA) is 32.3 Å². The predicted molar refractivity (Wildman–Crippen MR) is 55.7 cm³/mol. The Morgan fingerprint density at radius 1 is 1.38 bits per heavy atom. The van der Waals surface area contributed by atoms with Crippen LogP contribution in [0.1, 0.15) is 46.0 Å². The molecule has 1 fully saturated rings. The van der Waals surface area contributed by atoms with Crippen LogP contribution in [0.15, 0.2) is 0 Å². The Balaban J connectivity index is 2.19. The first-order valence-corrected chi connectivity index (χ1v) is 5.69. The molecule has 0 aromatic carbocycles. The fraction of sp³-hybridized carbons (Fsp3) is 1.00. The molecule has 2 N–H and O–H groups in total. The van der Waals surface area contributed by atoms with Crippen LogP contribution in [0.3, 0.4) is 0 Å². The number of aliphatic hydroxyl groups is 1. The van der Waals surface area contributed by atoms with Crippen molar-refractivity contribution in [3.8, 4) is 0 Å². The minimum absolute atomic E-state index is 0.155. The minimum Gasteiger partial charge on any atom is -0.392 e. The van der Waals surface area contributed by atoms with Crippen molar-refractivity contribution in [3.63, 3.8) is 0 Å². The van der Waals surface area contributed by atoms with E-state index in [4.69, 9.17) is 0 Å². The third kappa shape index (κ3) is 3.28. The van der Waals surface area contributed by atoms with Gasteiger partial charge in [-0.2, -0.15) is 0 Å². The average molecular weight is 185 g/mol. The maximum absolute atomic E-state index is 9.41. The molecule has 2 heteroatoms. The van der Waals surface area contributed by atoms with Crippen molar-refractivity contribution in [1.29, 1.82) is 0 Å². The van der Waals surface area contributed by atoms with Gasteiger partial charge in [0.2, 0.25) is 0 Å². The lowest BCUT2D eigenvalue weighted by molar-refractivity contribution is 0.159. The SMILES string of the molecule is CCC(O)CNC1CCCC1CC. The summed E-state index contributed by atoms with van der Waals surface area (Å²) in [5.74, 6) is 0.851. The lowest BCUT2D eigenvalue weighted by Crippen LogP contribution is -2.37. The Hall–Kier alpha value is -0.0800. The summed E-state index contributed by atoms with van der Waals surface area (Å²) in [4.78, 5) is 0. The zero-order valence-electron chi connectivity index (χ0n) is 8.92. The van der Waals surface area contributed by atoms with Crippen LogP contribution in [0.4, 0.5) is 0 Å². The first-order chi connectivity index (χ1) is 6.27. The lowest BCUT2D eigenvalue weighted by atomic mass is 10.0. The van der Waals surface area contributed by atoms with E-state index in [0.717, 1.165) is 18.9 Å². The second-order valence-electron chi connectivity index (χ2n) is 4.18. The van der Waals surface area contributed by atoms with E-state index in [2.05, 4.69) is 12.2 Å². The first-order valence-electron chi connectivity index (χ1n) is 5.69. The van der Waals surface area contributed by atoms with Gasteiger partial charge in [0.05, 0.1) is 6.10 Å². The van der Waals surface area contributed by atoms with Crippen LogP contribution in [0.25, 0.3) is 0 Å². The molecule has 0 bridgehead atoms. The van der Waals surface area contributed by atoms with Gasteiger partial charge in [0, 0.05) is 12.6 Å². The summed E-state index contributed by atoms with van der Waals surface area (Å²) in [6.07, 6.45) is 6.01. The van der Waals surface area contributed by atoms with Gasteiger partial charge in [0.1, 0.15) is 0 Å². The monoisotopic (exact) mass is 185 g/mol. The smallest absolute Gasteiger partial charge is 0.0662 e. The van der Waals surface area contributed by atoms with E-state index in [9.17, 15) is 5.11 Å². The number of hydrogen-bond donors (Lipinski definition) is 2. The zero-order valence-corrected chi connectivity index (χ0v) is 8.92. The fourth-order valence-corrected chi connectivity index (χ4v) is 2.23. The molecular formula is C11H23NO. The van der Waals surface area contributed by atoms with Gasteiger partial charge in [0.15, 0.2) is 0 Å². The molecule has 2 nitrogen and oxygen atoms in total. The van der Waals surface area contributed by atoms with Crippen molar-refractivity contribution in [2.45, 2.75) is 58.1 Å². The molecule has 13 heavy (non-hydrogen) atoms. The molecule has 1 saturated carbocycles. The summed E-state index contributed by atoms with van der Waals surface area (Å²) < 4.78 is 0. The van der Waals surface area contributed by atoms with Crippen LogP contribution in [-0.2, 0) is 0 Å². The highest BCUT2D eigenvalue weighted by Crippen LogP contribution is 2.27. The molecule has 0 spiro atoms. The van der Waals surface area contributed by atoms with E-state index in [0.29, 0.717) is 6.04 Å². The summed E-state index contributed by atoms with van der Waals surface area (Å²) in [6, 6.07) is 0.672. The molecular weight excluding hydrogens is 162 g/mol. The van der Waals surface area contributed by atoms with Gasteiger partial charge in [-0.1, -0.05) is 26.7 Å². The van der Waals surface area contributed by atoms with E-state index < -0.39 is 0 Å². The Kier molecular flexibility index (Phi) is 4.74. The molecule has 1 aliphatic carbocycles. The standard InChI is InChI=1S/C11H23NO/c1-3-9-6-5-7-11(9)12-8-10(13)4-2/h9-13H,3-8H2,1-2H3. The Morgan fingerprint density at radius 3 is 2.77 bits per heavy atom. The number of aliphatic hydroxyl groups excluding tert-OH is 1. The van der Waals surface area contributed by atoms with Gasteiger partial charge >= 0.3 is 0 Å². The third-order valence-corrected chi connectivity index (χ3v) is 3.27. The lowest BCUT2D eigenvalue weighted by Gasteiger charge is -2.21. The molecule has 0 aliphatic heterocycles. The number of rotatable bonds is 5. The fourth-order valence-electron chi connectivity index (χ4n) is 2.23. The predicted octanol–water partition coefficient (Wildman–Crippen LogP) is 1.93. The van der Waals surface area contributed by atoms with Crippen LogP contribution < -0.4 is 5.32 Å². The van der Waals surface area contributed by atoms with Crippen molar-refractivity contribution in [3.05, 3.63) is 0 Å². The van der Waals surface area contributed by atoms with E-state index in [1.165, 1.54) is 25.7 Å². The molecule has 0 aromatic rings. The summed E-state index contributed by atoms with van der Waals surface area (Å²) in [6.45, 7) is 5.07. The Bertz CT molecular complexity index is 138. The van der Waals surface area contributed by atoms with E-state index in [-0.39, 0.29) is 6.10 Å². The van der Waals surface area contributed by atoms with Crippen LogP contribution in [0, 0.1) is 5.92 Å². The van der Waals surface area contributed by atoms with Crippen molar-refractivity contribution >= 4 is 0 Å². The second-order valence-corrected chi connectivity index (χ2v) is 4.18. The summed E-state index contributed by atoms with van der Waals surface area (Å²) in [5.41, 5.74) is 0. The molecule has 0 radical (unpaired) electrons. The van der Waals surface area contributed by atoms with E-state index in [1.54, 1.807) is 0 Å². The van der Waals surface area contributed by atoms with Crippen LogP contribution in [-0.4, -0.2) is 23.8 Å². The van der Waals surface area contributed by atoms with Gasteiger partial charge in [-0.05, 0) is 25.2 Å². The van der Waals surface area contributed by atoms with Gasteiger partial charge < -0.3 is 10.4 Å². The van der Waals surface area contributed by atoms with Crippen molar-refractivity contribution in [2.75, 3.05) is 6.54 Å². The highest BCUT2D eigenvalue weighted by Gasteiger charge is 2.25. The molecule has 1 aliphatic rings. The van der Waals surface area contributed by atoms with E-state index >= 15 is 0 Å². The third-order valence-electron chi connectivity index (χ3n) is 3.27. The Labute approximate surface area is 81.7 Å². The molecule has 0 saturated heterocycles. The van der Waals surface area contributed by atoms with Crippen molar-refractivity contribution in [2.24, 2.45) is 5.92 Å². The molecule has 78 valence electrons. The highest BCUT2D eigenvalue weighted by molar-refractivity contribution is 4.82. The van der Waals surface area contributed by atoms with Gasteiger partial charge in [-0.25, -0.2) is 0 Å². The first kappa shape index (κ1) is 11.0. The zero-order chi connectivity index (χ0) is 9.68. The largest absolute Gasteiger partial charge is 0.392 e. The Morgan fingerprint density at radius 2 is 2.15 bits per heavy atom. The summed E-state index contributed by atoms with van der Waals surface area (Å²) >= 11 is 0. The van der Waals surface area contributed by atoms with Gasteiger partial charge in [-0.3, -0.25) is 0 Å². The summed E-state index contributed by atoms with van der Waals surface area (Å²) in [5, 5.41) is 12.9. The van der Waals surface area contributed by atoms with Crippen molar-refractivity contribution < 1.29 is 5.11 Å². The minimum atomic E-state index is -0.155. The van der Waals surface area contributed by atoms with Crippen molar-refractivity contribution in [1.82, 2.24) is 5.32 Å². The molecule has 0 heterocycles. The molecule has 3 atom stereocenters. The average Bonchev–Trinajstić information content (AvgIpc) is 2.61. The normalized spacial score (nSPS) is 30.7. The van der Waals surface area contributed by atoms with E-state index in [1.807, 2.05) is 6.92 Å². The molecule has 1 rings (SSSR count). The van der Waals surface area contributed by atoms with Crippen LogP contribution in [0.2, 0.25) is 0 Å². The summed E-state index contributed by atoms with van der Waals surface area (Å²) in [7, 11) is 0. The quantitative estimate of drug-likeness (QED) is 0.686. The second kappa shape index (κ2) is 5.61. The van der Waals surface area contributed by atoms with Crippen LogP contribution >= 0.6 is 0 Å². The number of hydrogen-bond acceptors (Lipinski definition) is 2. The number of nitrogens with one attached hydrogen (secondary N) is 1. The molecule has 3 unspecified atom stereocenters.